The zero-order chi connectivity index (χ0) is 19.1. The molecule has 0 unspecified atom stereocenters. The second-order valence-electron chi connectivity index (χ2n) is 6.13. The van der Waals surface area contributed by atoms with Gasteiger partial charge >= 0.3 is 0 Å². The van der Waals surface area contributed by atoms with Crippen LogP contribution in [-0.2, 0) is 13.2 Å². The Kier molecular flexibility index (Phi) is 6.60. The SMILES string of the molecule is CCN(Cc1ccc(OCc2ccccc2)cc1)C(=O)c1cncc(Br)c1. The molecule has 1 aromatic heterocycles. The van der Waals surface area contributed by atoms with Crippen LogP contribution < -0.4 is 4.74 Å². The minimum Gasteiger partial charge on any atom is -0.489 e. The van der Waals surface area contributed by atoms with Crippen molar-refractivity contribution in [3.63, 3.8) is 0 Å². The molecular weight excluding hydrogens is 404 g/mol. The summed E-state index contributed by atoms with van der Waals surface area (Å²) in [5.41, 5.74) is 2.77. The molecule has 0 atom stereocenters. The first-order chi connectivity index (χ1) is 13.2. The van der Waals surface area contributed by atoms with Gasteiger partial charge in [-0.25, -0.2) is 0 Å². The van der Waals surface area contributed by atoms with Crippen molar-refractivity contribution in [3.05, 3.63) is 94.2 Å². The van der Waals surface area contributed by atoms with E-state index in [1.165, 1.54) is 0 Å². The number of nitrogens with zero attached hydrogens (tertiary/aromatic N) is 2. The third kappa shape index (κ3) is 5.41. The van der Waals surface area contributed by atoms with Crippen LogP contribution in [0.4, 0.5) is 0 Å². The Labute approximate surface area is 167 Å². The molecule has 0 fully saturated rings. The van der Waals surface area contributed by atoms with Gasteiger partial charge in [0.2, 0.25) is 0 Å². The molecular formula is C22H21BrN2O2. The van der Waals surface area contributed by atoms with Crippen LogP contribution in [0, 0.1) is 0 Å². The molecule has 0 saturated heterocycles. The van der Waals surface area contributed by atoms with E-state index in [1.807, 2.05) is 61.5 Å². The number of carbonyl (C=O) groups is 1. The lowest BCUT2D eigenvalue weighted by Crippen LogP contribution is -2.30. The fraction of sp³-hybridized carbons (Fsp3) is 0.182. The zero-order valence-corrected chi connectivity index (χ0v) is 16.7. The van der Waals surface area contributed by atoms with Crippen LogP contribution in [0.1, 0.15) is 28.4 Å². The van der Waals surface area contributed by atoms with Gasteiger partial charge in [0.05, 0.1) is 5.56 Å². The van der Waals surface area contributed by atoms with E-state index in [0.717, 1.165) is 21.3 Å². The molecule has 1 amide bonds. The van der Waals surface area contributed by atoms with Gasteiger partial charge in [-0.3, -0.25) is 9.78 Å². The summed E-state index contributed by atoms with van der Waals surface area (Å²) in [6.45, 7) is 3.68. The lowest BCUT2D eigenvalue weighted by molar-refractivity contribution is 0.0752. The molecule has 2 aromatic carbocycles. The second-order valence-corrected chi connectivity index (χ2v) is 7.05. The second kappa shape index (κ2) is 9.33. The molecule has 0 bridgehead atoms. The summed E-state index contributed by atoms with van der Waals surface area (Å²) in [6.07, 6.45) is 3.26. The van der Waals surface area contributed by atoms with Crippen LogP contribution in [-0.4, -0.2) is 22.3 Å². The Morgan fingerprint density at radius 2 is 1.78 bits per heavy atom. The predicted molar refractivity (Wildman–Crippen MR) is 110 cm³/mol. The maximum absolute atomic E-state index is 12.7. The molecule has 0 radical (unpaired) electrons. The minimum atomic E-state index is -0.0318. The molecule has 4 nitrogen and oxygen atoms in total. The number of hydrogen-bond donors (Lipinski definition) is 0. The predicted octanol–water partition coefficient (Wildman–Crippen LogP) is 5.09. The first-order valence-electron chi connectivity index (χ1n) is 8.81. The van der Waals surface area contributed by atoms with Crippen molar-refractivity contribution < 1.29 is 9.53 Å². The Hall–Kier alpha value is -2.66. The summed E-state index contributed by atoms with van der Waals surface area (Å²) in [6, 6.07) is 19.7. The van der Waals surface area contributed by atoms with Gasteiger partial charge in [0, 0.05) is 30.0 Å². The highest BCUT2D eigenvalue weighted by molar-refractivity contribution is 9.10. The maximum atomic E-state index is 12.7. The Morgan fingerprint density at radius 1 is 1.04 bits per heavy atom. The number of rotatable bonds is 7. The first-order valence-corrected chi connectivity index (χ1v) is 9.60. The van der Waals surface area contributed by atoms with Crippen LogP contribution in [0.2, 0.25) is 0 Å². The van der Waals surface area contributed by atoms with E-state index in [9.17, 15) is 4.79 Å². The van der Waals surface area contributed by atoms with E-state index in [0.29, 0.717) is 25.3 Å². The van der Waals surface area contributed by atoms with E-state index in [1.54, 1.807) is 23.4 Å². The van der Waals surface area contributed by atoms with Crippen LogP contribution in [0.3, 0.4) is 0 Å². The van der Waals surface area contributed by atoms with E-state index < -0.39 is 0 Å². The van der Waals surface area contributed by atoms with E-state index in [2.05, 4.69) is 20.9 Å². The first kappa shape index (κ1) is 19.1. The summed E-state index contributed by atoms with van der Waals surface area (Å²) in [4.78, 5) is 18.6. The van der Waals surface area contributed by atoms with Crippen LogP contribution in [0.25, 0.3) is 0 Å². The Balaban J connectivity index is 1.61. The van der Waals surface area contributed by atoms with Crippen molar-refractivity contribution in [2.75, 3.05) is 6.54 Å². The average Bonchev–Trinajstić information content (AvgIpc) is 2.71. The molecule has 27 heavy (non-hydrogen) atoms. The summed E-state index contributed by atoms with van der Waals surface area (Å²) in [5, 5.41) is 0. The molecule has 1 heterocycles. The molecule has 0 aliphatic carbocycles. The molecule has 138 valence electrons. The number of carbonyl (C=O) groups excluding carboxylic acids is 1. The molecule has 0 aliphatic rings. The molecule has 0 aliphatic heterocycles. The van der Waals surface area contributed by atoms with Gasteiger partial charge < -0.3 is 9.64 Å². The Bertz CT molecular complexity index is 882. The quantitative estimate of drug-likeness (QED) is 0.530. The van der Waals surface area contributed by atoms with Gasteiger partial charge in [-0.2, -0.15) is 0 Å². The average molecular weight is 425 g/mol. The van der Waals surface area contributed by atoms with Crippen LogP contribution in [0.5, 0.6) is 5.75 Å². The highest BCUT2D eigenvalue weighted by Gasteiger charge is 2.15. The molecule has 0 saturated carbocycles. The molecule has 0 N–H and O–H groups in total. The molecule has 3 aromatic rings. The molecule has 3 rings (SSSR count). The number of pyridine rings is 1. The normalized spacial score (nSPS) is 10.4. The third-order valence-corrected chi connectivity index (χ3v) is 4.60. The minimum absolute atomic E-state index is 0.0318. The van der Waals surface area contributed by atoms with Crippen molar-refractivity contribution in [2.45, 2.75) is 20.1 Å². The number of halogens is 1. The van der Waals surface area contributed by atoms with Gasteiger partial charge in [-0.05, 0) is 52.2 Å². The third-order valence-electron chi connectivity index (χ3n) is 4.17. The number of benzene rings is 2. The zero-order valence-electron chi connectivity index (χ0n) is 15.1. The lowest BCUT2D eigenvalue weighted by atomic mass is 10.1. The summed E-state index contributed by atoms with van der Waals surface area (Å²) < 4.78 is 6.61. The van der Waals surface area contributed by atoms with Crippen molar-refractivity contribution >= 4 is 21.8 Å². The largest absolute Gasteiger partial charge is 0.489 e. The number of amides is 1. The van der Waals surface area contributed by atoms with Gasteiger partial charge in [0.25, 0.3) is 5.91 Å². The standard InChI is InChI=1S/C22H21BrN2O2/c1-2-25(22(26)19-12-20(23)14-24-13-19)15-17-8-10-21(11-9-17)27-16-18-6-4-3-5-7-18/h3-14H,2,15-16H2,1H3. The van der Waals surface area contributed by atoms with Crippen molar-refractivity contribution in [3.8, 4) is 5.75 Å². The molecule has 5 heteroatoms. The fourth-order valence-electron chi connectivity index (χ4n) is 2.69. The van der Waals surface area contributed by atoms with Crippen LogP contribution >= 0.6 is 15.9 Å². The smallest absolute Gasteiger partial charge is 0.255 e. The summed E-state index contributed by atoms with van der Waals surface area (Å²) >= 11 is 3.36. The Morgan fingerprint density at radius 3 is 2.44 bits per heavy atom. The van der Waals surface area contributed by atoms with E-state index in [-0.39, 0.29) is 5.91 Å². The van der Waals surface area contributed by atoms with Gasteiger partial charge in [-0.15, -0.1) is 0 Å². The van der Waals surface area contributed by atoms with Crippen LogP contribution in [0.15, 0.2) is 77.5 Å². The van der Waals surface area contributed by atoms with Gasteiger partial charge in [-0.1, -0.05) is 42.5 Å². The monoisotopic (exact) mass is 424 g/mol. The number of hydrogen-bond acceptors (Lipinski definition) is 3. The summed E-state index contributed by atoms with van der Waals surface area (Å²) in [5.74, 6) is 0.781. The molecule has 0 spiro atoms. The van der Waals surface area contributed by atoms with Crippen molar-refractivity contribution in [1.29, 1.82) is 0 Å². The van der Waals surface area contributed by atoms with E-state index in [4.69, 9.17) is 4.74 Å². The van der Waals surface area contributed by atoms with Crippen molar-refractivity contribution in [2.24, 2.45) is 0 Å². The van der Waals surface area contributed by atoms with Crippen molar-refractivity contribution in [1.82, 2.24) is 9.88 Å². The van der Waals surface area contributed by atoms with Gasteiger partial charge in [0.1, 0.15) is 12.4 Å². The fourth-order valence-corrected chi connectivity index (χ4v) is 3.06. The highest BCUT2D eigenvalue weighted by atomic mass is 79.9. The number of ether oxygens (including phenoxy) is 1. The lowest BCUT2D eigenvalue weighted by Gasteiger charge is -2.21. The van der Waals surface area contributed by atoms with E-state index >= 15 is 0 Å². The topological polar surface area (TPSA) is 42.4 Å². The van der Waals surface area contributed by atoms with Gasteiger partial charge in [0.15, 0.2) is 0 Å². The number of aromatic nitrogens is 1. The maximum Gasteiger partial charge on any atom is 0.255 e. The highest BCUT2D eigenvalue weighted by Crippen LogP contribution is 2.17. The summed E-state index contributed by atoms with van der Waals surface area (Å²) in [7, 11) is 0.